The van der Waals surface area contributed by atoms with E-state index in [1.807, 2.05) is 31.2 Å². The summed E-state index contributed by atoms with van der Waals surface area (Å²) in [5.41, 5.74) is 0.987. The van der Waals surface area contributed by atoms with Crippen LogP contribution in [-0.2, 0) is 0 Å². The van der Waals surface area contributed by atoms with E-state index in [1.165, 1.54) is 25.7 Å². The summed E-state index contributed by atoms with van der Waals surface area (Å²) in [6.07, 6.45) is 7.10. The van der Waals surface area contributed by atoms with Gasteiger partial charge in [-0.3, -0.25) is 4.90 Å². The number of nitrogens with zero attached hydrogens (tertiary/aromatic N) is 4. The van der Waals surface area contributed by atoms with E-state index in [0.717, 1.165) is 54.4 Å². The minimum absolute atomic E-state index is 0.565. The fourth-order valence-electron chi connectivity index (χ4n) is 3.95. The lowest BCUT2D eigenvalue weighted by Crippen LogP contribution is -2.50. The minimum Gasteiger partial charge on any atom is -0.439 e. The van der Waals surface area contributed by atoms with Crippen LogP contribution in [-0.4, -0.2) is 47.1 Å². The summed E-state index contributed by atoms with van der Waals surface area (Å²) in [5, 5.41) is 0.737. The highest BCUT2D eigenvalue weighted by Crippen LogP contribution is 2.28. The van der Waals surface area contributed by atoms with E-state index in [-0.39, 0.29) is 0 Å². The second kappa shape index (κ2) is 7.80. The Morgan fingerprint density at radius 3 is 2.54 bits per heavy atom. The molecule has 4 rings (SSSR count). The molecule has 0 radical (unpaired) electrons. The van der Waals surface area contributed by atoms with E-state index < -0.39 is 0 Å². The molecule has 1 saturated heterocycles. The van der Waals surface area contributed by atoms with E-state index in [0.29, 0.717) is 5.88 Å². The molecule has 0 spiro atoms. The maximum Gasteiger partial charge on any atom is 0.224 e. The number of hydrogen-bond donors (Lipinski definition) is 0. The van der Waals surface area contributed by atoms with Crippen LogP contribution in [0.15, 0.2) is 30.6 Å². The number of aromatic nitrogens is 2. The van der Waals surface area contributed by atoms with Gasteiger partial charge in [0.15, 0.2) is 0 Å². The van der Waals surface area contributed by atoms with E-state index in [9.17, 15) is 0 Å². The second-order valence-electron chi connectivity index (χ2n) is 7.19. The van der Waals surface area contributed by atoms with Gasteiger partial charge in [0.05, 0.1) is 0 Å². The number of aryl methyl sites for hydroxylation is 1. The third-order valence-corrected chi connectivity index (χ3v) is 5.88. The molecule has 5 nitrogen and oxygen atoms in total. The molecule has 26 heavy (non-hydrogen) atoms. The van der Waals surface area contributed by atoms with Gasteiger partial charge in [-0.2, -0.15) is 0 Å². The minimum atomic E-state index is 0.565. The zero-order valence-electron chi connectivity index (χ0n) is 15.2. The van der Waals surface area contributed by atoms with Crippen LogP contribution < -0.4 is 9.64 Å². The van der Waals surface area contributed by atoms with Crippen LogP contribution >= 0.6 is 11.6 Å². The lowest BCUT2D eigenvalue weighted by molar-refractivity contribution is 0.187. The van der Waals surface area contributed by atoms with E-state index >= 15 is 0 Å². The summed E-state index contributed by atoms with van der Waals surface area (Å²) in [7, 11) is 0. The standard InChI is InChI=1S/C20H25ClN4O/c1-15-12-17(6-7-18(15)21)26-20-13-19(22-14-23-20)25-10-8-24(9-11-25)16-4-2-3-5-16/h6-7,12-14,16H,2-5,8-11H2,1H3. The maximum atomic E-state index is 6.08. The van der Waals surface area contributed by atoms with E-state index in [1.54, 1.807) is 6.33 Å². The number of rotatable bonds is 4. The van der Waals surface area contributed by atoms with Crippen molar-refractivity contribution >= 4 is 17.4 Å². The van der Waals surface area contributed by atoms with Gasteiger partial charge in [0.2, 0.25) is 5.88 Å². The maximum absolute atomic E-state index is 6.08. The zero-order chi connectivity index (χ0) is 17.9. The fraction of sp³-hybridized carbons (Fsp3) is 0.500. The van der Waals surface area contributed by atoms with Crippen LogP contribution in [0.2, 0.25) is 5.02 Å². The van der Waals surface area contributed by atoms with Crippen molar-refractivity contribution in [2.45, 2.75) is 38.6 Å². The Bertz CT molecular complexity index is 755. The van der Waals surface area contributed by atoms with Crippen LogP contribution in [0.1, 0.15) is 31.2 Å². The molecule has 6 heteroatoms. The lowest BCUT2D eigenvalue weighted by atomic mass is 10.2. The van der Waals surface area contributed by atoms with Gasteiger partial charge in [0, 0.05) is 43.3 Å². The smallest absolute Gasteiger partial charge is 0.224 e. The monoisotopic (exact) mass is 372 g/mol. The Kier molecular flexibility index (Phi) is 5.27. The average molecular weight is 373 g/mol. The molecular formula is C20H25ClN4O. The topological polar surface area (TPSA) is 41.5 Å². The molecule has 1 aromatic carbocycles. The van der Waals surface area contributed by atoms with Crippen molar-refractivity contribution in [1.29, 1.82) is 0 Å². The first kappa shape index (κ1) is 17.6. The van der Waals surface area contributed by atoms with Crippen molar-refractivity contribution in [3.05, 3.63) is 41.2 Å². The number of piperazine rings is 1. The summed E-state index contributed by atoms with van der Waals surface area (Å²) in [6.45, 7) is 6.20. The molecule has 0 N–H and O–H groups in total. The van der Waals surface area contributed by atoms with Crippen LogP contribution in [0.4, 0.5) is 5.82 Å². The summed E-state index contributed by atoms with van der Waals surface area (Å²) < 4.78 is 5.90. The number of anilines is 1. The first-order chi connectivity index (χ1) is 12.7. The SMILES string of the molecule is Cc1cc(Oc2cc(N3CCN(C4CCCC4)CC3)ncn2)ccc1Cl. The Hall–Kier alpha value is -1.85. The molecule has 2 aliphatic rings. The Labute approximate surface area is 160 Å². The first-order valence-corrected chi connectivity index (χ1v) is 9.82. The van der Waals surface area contributed by atoms with Crippen molar-refractivity contribution in [3.63, 3.8) is 0 Å². The fourth-order valence-corrected chi connectivity index (χ4v) is 4.06. The molecule has 0 bridgehead atoms. The predicted molar refractivity (Wildman–Crippen MR) is 104 cm³/mol. The summed E-state index contributed by atoms with van der Waals surface area (Å²) >= 11 is 6.08. The Morgan fingerprint density at radius 1 is 1.04 bits per heavy atom. The predicted octanol–water partition coefficient (Wildman–Crippen LogP) is 4.30. The highest BCUT2D eigenvalue weighted by atomic mass is 35.5. The molecule has 1 aromatic heterocycles. The largest absolute Gasteiger partial charge is 0.439 e. The third kappa shape index (κ3) is 3.94. The number of ether oxygens (including phenoxy) is 1. The molecule has 1 aliphatic carbocycles. The van der Waals surface area contributed by atoms with Gasteiger partial charge >= 0.3 is 0 Å². The Morgan fingerprint density at radius 2 is 1.81 bits per heavy atom. The van der Waals surface area contributed by atoms with Crippen LogP contribution in [0.25, 0.3) is 0 Å². The van der Waals surface area contributed by atoms with E-state index in [2.05, 4.69) is 19.8 Å². The summed E-state index contributed by atoms with van der Waals surface area (Å²) in [6, 6.07) is 8.35. The van der Waals surface area contributed by atoms with Crippen molar-refractivity contribution in [2.24, 2.45) is 0 Å². The Balaban J connectivity index is 1.40. The molecule has 1 aliphatic heterocycles. The highest BCUT2D eigenvalue weighted by Gasteiger charge is 2.26. The van der Waals surface area contributed by atoms with Crippen LogP contribution in [0.5, 0.6) is 11.6 Å². The van der Waals surface area contributed by atoms with Crippen molar-refractivity contribution in [1.82, 2.24) is 14.9 Å². The normalized spacial score (nSPS) is 19.1. The van der Waals surface area contributed by atoms with Gasteiger partial charge in [0.25, 0.3) is 0 Å². The molecule has 138 valence electrons. The molecule has 0 unspecified atom stereocenters. The zero-order valence-corrected chi connectivity index (χ0v) is 16.0. The number of benzene rings is 1. The van der Waals surface area contributed by atoms with Gasteiger partial charge in [-0.15, -0.1) is 0 Å². The summed E-state index contributed by atoms with van der Waals surface area (Å²) in [4.78, 5) is 13.7. The van der Waals surface area contributed by atoms with Crippen LogP contribution in [0, 0.1) is 6.92 Å². The van der Waals surface area contributed by atoms with E-state index in [4.69, 9.17) is 16.3 Å². The van der Waals surface area contributed by atoms with Gasteiger partial charge in [-0.05, 0) is 43.5 Å². The quantitative estimate of drug-likeness (QED) is 0.800. The number of halogens is 1. The highest BCUT2D eigenvalue weighted by molar-refractivity contribution is 6.31. The number of hydrogen-bond acceptors (Lipinski definition) is 5. The van der Waals surface area contributed by atoms with Gasteiger partial charge in [-0.25, -0.2) is 9.97 Å². The lowest BCUT2D eigenvalue weighted by Gasteiger charge is -2.38. The molecule has 2 fully saturated rings. The molecule has 1 saturated carbocycles. The second-order valence-corrected chi connectivity index (χ2v) is 7.60. The third-order valence-electron chi connectivity index (χ3n) is 5.46. The molecular weight excluding hydrogens is 348 g/mol. The van der Waals surface area contributed by atoms with Crippen molar-refractivity contribution < 1.29 is 4.74 Å². The van der Waals surface area contributed by atoms with Gasteiger partial charge < -0.3 is 9.64 Å². The average Bonchev–Trinajstić information content (AvgIpc) is 3.20. The first-order valence-electron chi connectivity index (χ1n) is 9.44. The van der Waals surface area contributed by atoms with Gasteiger partial charge in [-0.1, -0.05) is 24.4 Å². The molecule has 0 amide bonds. The molecule has 2 aromatic rings. The molecule has 0 atom stereocenters. The van der Waals surface area contributed by atoms with Crippen molar-refractivity contribution in [3.8, 4) is 11.6 Å². The molecule has 2 heterocycles. The summed E-state index contributed by atoms with van der Waals surface area (Å²) in [5.74, 6) is 2.24. The van der Waals surface area contributed by atoms with Gasteiger partial charge in [0.1, 0.15) is 17.9 Å². The van der Waals surface area contributed by atoms with Crippen molar-refractivity contribution in [2.75, 3.05) is 31.1 Å². The van der Waals surface area contributed by atoms with Crippen LogP contribution in [0.3, 0.4) is 0 Å².